The van der Waals surface area contributed by atoms with Crippen LogP contribution < -0.4 is 4.90 Å². The standard InChI is InChI=1S/C17H23N3OS.ClH/c1-18-7-9-20(10-8-18)15-6-4-3-5-14(15)13-16-17(21)19(2)11-12-22-16;/h3-6,13H,7-12H2,1-2H3;1H. The summed E-state index contributed by atoms with van der Waals surface area (Å²) in [5, 5.41) is 0. The van der Waals surface area contributed by atoms with Crippen LogP contribution in [0.1, 0.15) is 5.56 Å². The molecule has 2 saturated heterocycles. The molecule has 1 amide bonds. The summed E-state index contributed by atoms with van der Waals surface area (Å²) in [6.07, 6.45) is 2.07. The minimum atomic E-state index is 0. The Bertz CT molecular complexity index is 585. The Balaban J connectivity index is 0.00000192. The van der Waals surface area contributed by atoms with Crippen molar-refractivity contribution < 1.29 is 4.79 Å². The molecule has 0 bridgehead atoms. The number of likely N-dealkylation sites (N-methyl/N-ethyl adjacent to an activating group) is 2. The number of thioether (sulfide) groups is 1. The second-order valence-electron chi connectivity index (χ2n) is 5.93. The van der Waals surface area contributed by atoms with Gasteiger partial charge in [0.1, 0.15) is 0 Å². The van der Waals surface area contributed by atoms with Gasteiger partial charge in [-0.15, -0.1) is 24.2 Å². The van der Waals surface area contributed by atoms with Gasteiger partial charge in [-0.1, -0.05) is 18.2 Å². The fourth-order valence-corrected chi connectivity index (χ4v) is 3.91. The lowest BCUT2D eigenvalue weighted by molar-refractivity contribution is -0.125. The van der Waals surface area contributed by atoms with Crippen LogP contribution in [0.3, 0.4) is 0 Å². The summed E-state index contributed by atoms with van der Waals surface area (Å²) in [6.45, 7) is 5.08. The van der Waals surface area contributed by atoms with Crippen LogP contribution in [0.15, 0.2) is 29.2 Å². The highest BCUT2D eigenvalue weighted by Crippen LogP contribution is 2.29. The van der Waals surface area contributed by atoms with Gasteiger partial charge in [0.2, 0.25) is 0 Å². The van der Waals surface area contributed by atoms with Crippen LogP contribution in [-0.4, -0.2) is 68.3 Å². The predicted molar refractivity (Wildman–Crippen MR) is 101 cm³/mol. The average Bonchev–Trinajstić information content (AvgIpc) is 2.53. The van der Waals surface area contributed by atoms with Crippen molar-refractivity contribution in [3.8, 4) is 0 Å². The first-order chi connectivity index (χ1) is 10.6. The lowest BCUT2D eigenvalue weighted by atomic mass is 10.1. The van der Waals surface area contributed by atoms with E-state index in [0.29, 0.717) is 0 Å². The van der Waals surface area contributed by atoms with Crippen LogP contribution in [0.5, 0.6) is 0 Å². The highest BCUT2D eigenvalue weighted by Gasteiger charge is 2.22. The van der Waals surface area contributed by atoms with E-state index < -0.39 is 0 Å². The van der Waals surface area contributed by atoms with E-state index in [1.165, 1.54) is 5.69 Å². The summed E-state index contributed by atoms with van der Waals surface area (Å²) in [4.78, 5) is 19.7. The topological polar surface area (TPSA) is 26.8 Å². The van der Waals surface area contributed by atoms with Gasteiger partial charge in [0.25, 0.3) is 5.91 Å². The molecule has 1 aromatic carbocycles. The van der Waals surface area contributed by atoms with Crippen LogP contribution in [0.4, 0.5) is 5.69 Å². The second kappa shape index (κ2) is 8.08. The quantitative estimate of drug-likeness (QED) is 0.763. The molecule has 0 spiro atoms. The van der Waals surface area contributed by atoms with Crippen molar-refractivity contribution >= 4 is 41.8 Å². The molecule has 1 aromatic rings. The first kappa shape index (κ1) is 18.2. The van der Waals surface area contributed by atoms with E-state index in [2.05, 4.69) is 41.1 Å². The monoisotopic (exact) mass is 353 g/mol. The van der Waals surface area contributed by atoms with E-state index in [0.717, 1.165) is 48.9 Å². The lowest BCUT2D eigenvalue weighted by Gasteiger charge is -2.35. The number of carbonyl (C=O) groups excluding carboxylic acids is 1. The molecular formula is C17H24ClN3OS. The number of piperazine rings is 1. The van der Waals surface area contributed by atoms with Crippen molar-refractivity contribution in [1.82, 2.24) is 9.80 Å². The van der Waals surface area contributed by atoms with Gasteiger partial charge in [0.05, 0.1) is 4.91 Å². The SMILES string of the molecule is CN1CCN(c2ccccc2C=C2SCCN(C)C2=O)CC1.Cl. The molecule has 0 saturated carbocycles. The molecule has 126 valence electrons. The molecule has 2 aliphatic heterocycles. The predicted octanol–water partition coefficient (Wildman–Crippen LogP) is 2.41. The summed E-state index contributed by atoms with van der Waals surface area (Å²) in [5.74, 6) is 1.12. The van der Waals surface area contributed by atoms with Gasteiger partial charge in [0.15, 0.2) is 0 Å². The third-order valence-electron chi connectivity index (χ3n) is 4.31. The van der Waals surface area contributed by atoms with E-state index in [1.807, 2.05) is 13.1 Å². The summed E-state index contributed by atoms with van der Waals surface area (Å²) in [5.41, 5.74) is 2.39. The van der Waals surface area contributed by atoms with E-state index >= 15 is 0 Å². The number of carbonyl (C=O) groups is 1. The van der Waals surface area contributed by atoms with Crippen molar-refractivity contribution in [2.45, 2.75) is 0 Å². The largest absolute Gasteiger partial charge is 0.368 e. The number of hydrogen-bond acceptors (Lipinski definition) is 4. The van der Waals surface area contributed by atoms with Crippen LogP contribution in [0.2, 0.25) is 0 Å². The highest BCUT2D eigenvalue weighted by atomic mass is 35.5. The van der Waals surface area contributed by atoms with Gasteiger partial charge in [0, 0.05) is 51.2 Å². The second-order valence-corrected chi connectivity index (χ2v) is 7.07. The zero-order chi connectivity index (χ0) is 15.5. The first-order valence-electron chi connectivity index (χ1n) is 7.77. The molecule has 3 rings (SSSR count). The van der Waals surface area contributed by atoms with Crippen LogP contribution >= 0.6 is 24.2 Å². The summed E-state index contributed by atoms with van der Waals surface area (Å²) >= 11 is 1.67. The fourth-order valence-electron chi connectivity index (χ4n) is 2.83. The van der Waals surface area contributed by atoms with Gasteiger partial charge in [-0.2, -0.15) is 0 Å². The molecular weight excluding hydrogens is 330 g/mol. The molecule has 6 heteroatoms. The van der Waals surface area contributed by atoms with Crippen LogP contribution in [-0.2, 0) is 4.79 Å². The van der Waals surface area contributed by atoms with E-state index in [-0.39, 0.29) is 18.3 Å². The van der Waals surface area contributed by atoms with Gasteiger partial charge < -0.3 is 14.7 Å². The average molecular weight is 354 g/mol. The summed E-state index contributed by atoms with van der Waals surface area (Å²) in [6, 6.07) is 8.41. The molecule has 2 heterocycles. The number of amides is 1. The third kappa shape index (κ3) is 4.22. The van der Waals surface area contributed by atoms with Gasteiger partial charge in [-0.25, -0.2) is 0 Å². The number of benzene rings is 1. The van der Waals surface area contributed by atoms with Crippen molar-refractivity contribution in [2.24, 2.45) is 0 Å². The molecule has 2 aliphatic rings. The fraction of sp³-hybridized carbons (Fsp3) is 0.471. The normalized spacial score (nSPS) is 21.5. The van der Waals surface area contributed by atoms with E-state index in [4.69, 9.17) is 0 Å². The molecule has 0 aliphatic carbocycles. The van der Waals surface area contributed by atoms with Crippen LogP contribution in [0, 0.1) is 0 Å². The maximum atomic E-state index is 12.3. The molecule has 0 aromatic heterocycles. The molecule has 0 unspecified atom stereocenters. The number of rotatable bonds is 2. The van der Waals surface area contributed by atoms with Crippen LogP contribution in [0.25, 0.3) is 6.08 Å². The minimum absolute atomic E-state index is 0. The maximum absolute atomic E-state index is 12.3. The van der Waals surface area contributed by atoms with Crippen molar-refractivity contribution in [2.75, 3.05) is 57.5 Å². The molecule has 2 fully saturated rings. The Morgan fingerprint density at radius 2 is 1.74 bits per heavy atom. The number of hydrogen-bond donors (Lipinski definition) is 0. The molecule has 0 radical (unpaired) electrons. The molecule has 4 nitrogen and oxygen atoms in total. The Labute approximate surface area is 148 Å². The minimum Gasteiger partial charge on any atom is -0.368 e. The van der Waals surface area contributed by atoms with E-state index in [1.54, 1.807) is 16.7 Å². The summed E-state index contributed by atoms with van der Waals surface area (Å²) < 4.78 is 0. The molecule has 23 heavy (non-hydrogen) atoms. The number of halogens is 1. The van der Waals surface area contributed by atoms with Gasteiger partial charge in [-0.3, -0.25) is 4.79 Å². The maximum Gasteiger partial charge on any atom is 0.260 e. The Hall–Kier alpha value is -1.17. The number of para-hydroxylation sites is 1. The first-order valence-corrected chi connectivity index (χ1v) is 8.76. The van der Waals surface area contributed by atoms with Gasteiger partial charge >= 0.3 is 0 Å². The summed E-state index contributed by atoms with van der Waals surface area (Å²) in [7, 11) is 4.04. The van der Waals surface area contributed by atoms with Crippen molar-refractivity contribution in [3.63, 3.8) is 0 Å². The third-order valence-corrected chi connectivity index (χ3v) is 5.30. The Morgan fingerprint density at radius 1 is 1.04 bits per heavy atom. The Kier molecular flexibility index (Phi) is 6.39. The molecule has 0 N–H and O–H groups in total. The zero-order valence-corrected chi connectivity index (χ0v) is 15.3. The van der Waals surface area contributed by atoms with E-state index in [9.17, 15) is 4.79 Å². The number of nitrogens with zero attached hydrogens (tertiary/aromatic N) is 3. The number of anilines is 1. The highest BCUT2D eigenvalue weighted by molar-refractivity contribution is 8.04. The lowest BCUT2D eigenvalue weighted by Crippen LogP contribution is -2.44. The smallest absolute Gasteiger partial charge is 0.260 e. The van der Waals surface area contributed by atoms with Crippen molar-refractivity contribution in [1.29, 1.82) is 0 Å². The zero-order valence-electron chi connectivity index (χ0n) is 13.7. The van der Waals surface area contributed by atoms with Gasteiger partial charge in [-0.05, 0) is 24.8 Å². The Morgan fingerprint density at radius 3 is 2.48 bits per heavy atom. The molecule has 0 atom stereocenters. The van der Waals surface area contributed by atoms with Crippen molar-refractivity contribution in [3.05, 3.63) is 34.7 Å².